The molecule has 5 aromatic rings. The molecule has 0 heteroatoms. The van der Waals surface area contributed by atoms with Crippen LogP contribution in [0.1, 0.15) is 43.2 Å². The van der Waals surface area contributed by atoms with E-state index in [2.05, 4.69) is 164 Å². The van der Waals surface area contributed by atoms with Crippen LogP contribution in [0.15, 0.2) is 181 Å². The van der Waals surface area contributed by atoms with Gasteiger partial charge in [0, 0.05) is 5.92 Å². The predicted molar refractivity (Wildman–Crippen MR) is 214 cm³/mol. The van der Waals surface area contributed by atoms with Gasteiger partial charge in [0.25, 0.3) is 0 Å². The largest absolute Gasteiger partial charge is 0.0836 e. The summed E-state index contributed by atoms with van der Waals surface area (Å²) in [7, 11) is 0. The molecule has 0 saturated heterocycles. The second-order valence-electron chi connectivity index (χ2n) is 14.6. The number of fused-ring (bicyclic) bond motifs is 6. The summed E-state index contributed by atoms with van der Waals surface area (Å²) in [5.74, 6) is 1.74. The van der Waals surface area contributed by atoms with Crippen molar-refractivity contribution in [3.8, 4) is 22.3 Å². The summed E-state index contributed by atoms with van der Waals surface area (Å²) in [5.41, 5.74) is 15.2. The van der Waals surface area contributed by atoms with Crippen molar-refractivity contribution in [3.63, 3.8) is 0 Å². The molecule has 0 aliphatic heterocycles. The summed E-state index contributed by atoms with van der Waals surface area (Å²) in [4.78, 5) is 0. The Balaban J connectivity index is 1.18. The zero-order chi connectivity index (χ0) is 33.0. The van der Waals surface area contributed by atoms with Crippen LogP contribution >= 0.6 is 0 Å². The van der Waals surface area contributed by atoms with Crippen LogP contribution in [0, 0.1) is 17.8 Å². The van der Waals surface area contributed by atoms with Crippen molar-refractivity contribution in [1.82, 2.24) is 0 Å². The Labute approximate surface area is 295 Å². The summed E-state index contributed by atoms with van der Waals surface area (Å²) in [6.45, 7) is 0. The minimum atomic E-state index is 0.522. The van der Waals surface area contributed by atoms with Crippen LogP contribution in [0.25, 0.3) is 54.9 Å². The van der Waals surface area contributed by atoms with Crippen molar-refractivity contribution < 1.29 is 0 Å². The molecule has 240 valence electrons. The van der Waals surface area contributed by atoms with Gasteiger partial charge in [0.15, 0.2) is 0 Å². The van der Waals surface area contributed by atoms with E-state index in [9.17, 15) is 0 Å². The maximum atomic E-state index is 2.58. The first-order valence-corrected chi connectivity index (χ1v) is 18.5. The van der Waals surface area contributed by atoms with Crippen molar-refractivity contribution in [1.29, 1.82) is 0 Å². The monoisotopic (exact) mass is 640 g/mol. The molecule has 0 spiro atoms. The van der Waals surface area contributed by atoms with Crippen LogP contribution in [0.2, 0.25) is 0 Å². The van der Waals surface area contributed by atoms with Crippen molar-refractivity contribution in [2.24, 2.45) is 17.8 Å². The second kappa shape index (κ2) is 12.1. The molecule has 0 bridgehead atoms. The molecule has 0 amide bonds. The highest BCUT2D eigenvalue weighted by Crippen LogP contribution is 2.51. The molecule has 0 nitrogen and oxygen atoms in total. The van der Waals surface area contributed by atoms with E-state index in [-0.39, 0.29) is 0 Å². The van der Waals surface area contributed by atoms with E-state index in [1.54, 1.807) is 0 Å². The third-order valence-corrected chi connectivity index (χ3v) is 11.8. The number of hydrogen-bond acceptors (Lipinski definition) is 0. The first kappa shape index (κ1) is 29.5. The molecule has 5 aliphatic carbocycles. The van der Waals surface area contributed by atoms with Crippen LogP contribution in [-0.4, -0.2) is 0 Å². The Hall–Kier alpha value is -5.46. The van der Waals surface area contributed by atoms with Gasteiger partial charge in [-0.2, -0.15) is 0 Å². The first-order valence-electron chi connectivity index (χ1n) is 18.5. The summed E-state index contributed by atoms with van der Waals surface area (Å²) in [6, 6.07) is 36.4. The zero-order valence-corrected chi connectivity index (χ0v) is 28.4. The number of benzene rings is 5. The van der Waals surface area contributed by atoms with Gasteiger partial charge < -0.3 is 0 Å². The summed E-state index contributed by atoms with van der Waals surface area (Å²) >= 11 is 0. The average molecular weight is 641 g/mol. The molecule has 0 radical (unpaired) electrons. The molecular weight excluding hydrogens is 601 g/mol. The molecule has 0 heterocycles. The normalized spacial score (nSPS) is 22.2. The molecule has 0 N–H and O–H groups in total. The Morgan fingerprint density at radius 3 is 2.06 bits per heavy atom. The second-order valence-corrected chi connectivity index (χ2v) is 14.6. The van der Waals surface area contributed by atoms with E-state index in [1.165, 1.54) is 95.6 Å². The van der Waals surface area contributed by atoms with Crippen molar-refractivity contribution >= 4 is 32.7 Å². The SMILES string of the molecule is C1=CC2=CC=C3C=C4C=C(c5c6ccccc6c(-c6cc(C7=CCCC=C7)ccc6-c6ccccc6)c6ccccc56)CCC4CC3C2C=C1. The quantitative estimate of drug-likeness (QED) is 0.172. The molecule has 0 aromatic heterocycles. The molecule has 10 rings (SSSR count). The van der Waals surface area contributed by atoms with Crippen LogP contribution in [0.5, 0.6) is 0 Å². The third-order valence-electron chi connectivity index (χ3n) is 11.8. The van der Waals surface area contributed by atoms with E-state index < -0.39 is 0 Å². The minimum Gasteiger partial charge on any atom is -0.0836 e. The maximum Gasteiger partial charge on any atom is 0.00900 e. The minimum absolute atomic E-state index is 0.522. The Bertz CT molecular complexity index is 2390. The van der Waals surface area contributed by atoms with Gasteiger partial charge in [0.1, 0.15) is 0 Å². The summed E-state index contributed by atoms with van der Waals surface area (Å²) in [6.07, 6.45) is 31.8. The fourth-order valence-electron chi connectivity index (χ4n) is 9.46. The highest BCUT2D eigenvalue weighted by molar-refractivity contribution is 6.20. The Morgan fingerprint density at radius 2 is 1.30 bits per heavy atom. The van der Waals surface area contributed by atoms with Gasteiger partial charge in [-0.05, 0) is 133 Å². The van der Waals surface area contributed by atoms with Gasteiger partial charge >= 0.3 is 0 Å². The number of hydrogen-bond donors (Lipinski definition) is 0. The fourth-order valence-corrected chi connectivity index (χ4v) is 9.46. The standard InChI is InChI=1S/C50H40/c1-3-13-33(14-4-1)36-27-28-42(34-15-5-2-6-16-34)48(32-36)50-45-21-11-9-19-43(45)49(44-20-10-12-22-46(44)50)39-26-24-37-31-47-38(29-40(37)30-39)25-23-35-17-7-8-18-41(35)47/h2-3,5-23,25,27-30,32,37,41,47H,1,4,24,26,31H2. The third kappa shape index (κ3) is 4.89. The lowest BCUT2D eigenvalue weighted by molar-refractivity contribution is 0.374. The van der Waals surface area contributed by atoms with Crippen LogP contribution in [-0.2, 0) is 0 Å². The molecule has 3 unspecified atom stereocenters. The van der Waals surface area contributed by atoms with Gasteiger partial charge in [-0.25, -0.2) is 0 Å². The van der Waals surface area contributed by atoms with Crippen molar-refractivity contribution in [2.45, 2.75) is 32.1 Å². The summed E-state index contributed by atoms with van der Waals surface area (Å²) in [5, 5.41) is 5.36. The van der Waals surface area contributed by atoms with Gasteiger partial charge in [0.2, 0.25) is 0 Å². The zero-order valence-electron chi connectivity index (χ0n) is 28.4. The van der Waals surface area contributed by atoms with E-state index in [0.29, 0.717) is 17.8 Å². The van der Waals surface area contributed by atoms with Gasteiger partial charge in [-0.15, -0.1) is 0 Å². The van der Waals surface area contributed by atoms with E-state index >= 15 is 0 Å². The van der Waals surface area contributed by atoms with Crippen LogP contribution < -0.4 is 0 Å². The maximum absolute atomic E-state index is 2.58. The smallest absolute Gasteiger partial charge is 0.00900 e. The highest BCUT2D eigenvalue weighted by atomic mass is 14.4. The molecule has 50 heavy (non-hydrogen) atoms. The predicted octanol–water partition coefficient (Wildman–Crippen LogP) is 13.4. The molecule has 5 aromatic carbocycles. The van der Waals surface area contributed by atoms with E-state index in [0.717, 1.165) is 19.3 Å². The van der Waals surface area contributed by atoms with Crippen molar-refractivity contribution in [3.05, 3.63) is 192 Å². The highest BCUT2D eigenvalue weighted by Gasteiger charge is 2.36. The molecule has 3 atom stereocenters. The first-order chi connectivity index (χ1) is 24.8. The molecule has 0 fully saturated rings. The fraction of sp³-hybridized carbons (Fsp3) is 0.160. The average Bonchev–Trinajstić information content (AvgIpc) is 3.19. The van der Waals surface area contributed by atoms with Gasteiger partial charge in [-0.1, -0.05) is 158 Å². The molecule has 5 aliphatic rings. The van der Waals surface area contributed by atoms with Crippen LogP contribution in [0.3, 0.4) is 0 Å². The lowest BCUT2D eigenvalue weighted by Crippen LogP contribution is -2.27. The lowest BCUT2D eigenvalue weighted by atomic mass is 9.65. The summed E-state index contributed by atoms with van der Waals surface area (Å²) < 4.78 is 0. The Kier molecular flexibility index (Phi) is 7.16. The van der Waals surface area contributed by atoms with Gasteiger partial charge in [-0.3, -0.25) is 0 Å². The lowest BCUT2D eigenvalue weighted by Gasteiger charge is -2.39. The van der Waals surface area contributed by atoms with Gasteiger partial charge in [0.05, 0.1) is 0 Å². The van der Waals surface area contributed by atoms with Crippen molar-refractivity contribution in [2.75, 3.05) is 0 Å². The topological polar surface area (TPSA) is 0 Å². The van der Waals surface area contributed by atoms with E-state index in [1.807, 2.05) is 0 Å². The van der Waals surface area contributed by atoms with E-state index in [4.69, 9.17) is 0 Å². The number of rotatable bonds is 4. The van der Waals surface area contributed by atoms with Crippen LogP contribution in [0.4, 0.5) is 0 Å². The Morgan fingerprint density at radius 1 is 0.560 bits per heavy atom. The molecule has 0 saturated carbocycles. The number of allylic oxidation sites excluding steroid dienone is 16. The molecular formula is C50H40.